The van der Waals surface area contributed by atoms with Crippen molar-refractivity contribution >= 4 is 0 Å². The quantitative estimate of drug-likeness (QED) is 0.629. The molecule has 0 spiro atoms. The van der Waals surface area contributed by atoms with Gasteiger partial charge < -0.3 is 0 Å². The number of pyridine rings is 1. The zero-order chi connectivity index (χ0) is 13.4. The van der Waals surface area contributed by atoms with Gasteiger partial charge in [-0.15, -0.1) is 0 Å². The molecule has 0 amide bonds. The average molecular weight is 269 g/mol. The van der Waals surface area contributed by atoms with Crippen LogP contribution in [-0.2, 0) is 7.05 Å². The van der Waals surface area contributed by atoms with E-state index in [1.807, 2.05) is 6.07 Å². The number of rotatable bonds is 3. The molecule has 0 aliphatic carbocycles. The first kappa shape index (κ1) is 23.3. The van der Waals surface area contributed by atoms with Crippen LogP contribution in [0.1, 0.15) is 74.4 Å². The summed E-state index contributed by atoms with van der Waals surface area (Å²) in [5.41, 5.74) is 1.38. The Hall–Kier alpha value is -0.850. The molecule has 0 radical (unpaired) electrons. The minimum atomic E-state index is 0. The second-order valence-corrected chi connectivity index (χ2v) is 5.91. The molecule has 0 N–H and O–H groups in total. The molecule has 0 saturated heterocycles. The van der Waals surface area contributed by atoms with Gasteiger partial charge in [-0.2, -0.15) is 0 Å². The summed E-state index contributed by atoms with van der Waals surface area (Å²) in [5.74, 6) is 2.37. The van der Waals surface area contributed by atoms with Gasteiger partial charge in [0.05, 0.1) is 0 Å². The van der Waals surface area contributed by atoms with E-state index < -0.39 is 0 Å². The van der Waals surface area contributed by atoms with Gasteiger partial charge >= 0.3 is 0 Å². The molecule has 1 nitrogen and oxygen atoms in total. The second-order valence-electron chi connectivity index (χ2n) is 5.91. The minimum Gasteiger partial charge on any atom is -0.205 e. The molecule has 1 rings (SSSR count). The van der Waals surface area contributed by atoms with Crippen molar-refractivity contribution in [1.82, 2.24) is 0 Å². The Labute approximate surface area is 123 Å². The van der Waals surface area contributed by atoms with E-state index in [0.717, 1.165) is 11.8 Å². The highest BCUT2D eigenvalue weighted by molar-refractivity contribution is 5.00. The summed E-state index contributed by atoms with van der Waals surface area (Å²) in [6.07, 6.45) is 3.44. The molecule has 0 atom stereocenters. The van der Waals surface area contributed by atoms with Crippen molar-refractivity contribution in [2.45, 2.75) is 68.7 Å². The maximum absolute atomic E-state index is 2.26. The topological polar surface area (TPSA) is 3.88 Å². The normalized spacial score (nSPS) is 9.58. The standard InChI is InChI=1S/C9H14N.C7H16.2CH4/c1-8(2)9-6-4-5-7-10(9)3;1-6(2)5-7(3)4;;/h4-8H,1-3H3;6-7H,5H2,1-4H3;2*1H4/q+1;;;. The van der Waals surface area contributed by atoms with E-state index in [4.69, 9.17) is 0 Å². The second kappa shape index (κ2) is 12.2. The lowest BCUT2D eigenvalue weighted by Gasteiger charge is -2.05. The van der Waals surface area contributed by atoms with Gasteiger partial charge in [0.25, 0.3) is 0 Å². The highest BCUT2D eigenvalue weighted by Gasteiger charge is 2.07. The van der Waals surface area contributed by atoms with Crippen LogP contribution in [0, 0.1) is 11.8 Å². The lowest BCUT2D eigenvalue weighted by Crippen LogP contribution is -2.33. The van der Waals surface area contributed by atoms with E-state index in [1.54, 1.807) is 0 Å². The summed E-state index contributed by atoms with van der Waals surface area (Å²) >= 11 is 0. The van der Waals surface area contributed by atoms with Gasteiger partial charge in [-0.25, -0.2) is 4.57 Å². The molecule has 0 unspecified atom stereocenters. The number of aryl methyl sites for hydroxylation is 1. The Morgan fingerprint density at radius 1 is 0.895 bits per heavy atom. The third-order valence-electron chi connectivity index (χ3n) is 2.63. The Kier molecular flexibility index (Phi) is 14.9. The van der Waals surface area contributed by atoms with Gasteiger partial charge in [-0.05, 0) is 18.3 Å². The lowest BCUT2D eigenvalue weighted by molar-refractivity contribution is -0.680. The fourth-order valence-electron chi connectivity index (χ4n) is 2.08. The van der Waals surface area contributed by atoms with E-state index in [2.05, 4.69) is 71.5 Å². The number of hydrogen-bond acceptors (Lipinski definition) is 0. The van der Waals surface area contributed by atoms with E-state index in [9.17, 15) is 0 Å². The first-order valence-corrected chi connectivity index (χ1v) is 6.79. The van der Waals surface area contributed by atoms with Crippen LogP contribution in [0.2, 0.25) is 0 Å². The third kappa shape index (κ3) is 11.9. The monoisotopic (exact) mass is 268 g/mol. The smallest absolute Gasteiger partial charge is 0.183 e. The van der Waals surface area contributed by atoms with Crippen LogP contribution in [0.25, 0.3) is 0 Å². The van der Waals surface area contributed by atoms with Crippen LogP contribution in [0.15, 0.2) is 24.4 Å². The van der Waals surface area contributed by atoms with Crippen molar-refractivity contribution in [3.8, 4) is 0 Å². The van der Waals surface area contributed by atoms with Crippen LogP contribution in [-0.4, -0.2) is 0 Å². The molecule has 0 aliphatic heterocycles. The van der Waals surface area contributed by atoms with Crippen molar-refractivity contribution in [2.75, 3.05) is 0 Å². The van der Waals surface area contributed by atoms with Gasteiger partial charge in [-0.3, -0.25) is 0 Å². The van der Waals surface area contributed by atoms with Gasteiger partial charge in [0.15, 0.2) is 11.9 Å². The first-order chi connectivity index (χ1) is 7.84. The van der Waals surface area contributed by atoms with Gasteiger partial charge in [0, 0.05) is 18.1 Å². The van der Waals surface area contributed by atoms with Gasteiger partial charge in [-0.1, -0.05) is 62.5 Å². The van der Waals surface area contributed by atoms with Crippen LogP contribution >= 0.6 is 0 Å². The van der Waals surface area contributed by atoms with E-state index in [-0.39, 0.29) is 14.9 Å². The molecule has 1 aromatic heterocycles. The Morgan fingerprint density at radius 3 is 1.58 bits per heavy atom. The molecule has 0 fully saturated rings. The molecular formula is C18H38N+. The average Bonchev–Trinajstić information content (AvgIpc) is 2.16. The lowest BCUT2D eigenvalue weighted by atomic mass is 10.0. The fourth-order valence-corrected chi connectivity index (χ4v) is 2.08. The van der Waals surface area contributed by atoms with Gasteiger partial charge in [0.2, 0.25) is 0 Å². The highest BCUT2D eigenvalue weighted by Crippen LogP contribution is 2.08. The maximum Gasteiger partial charge on any atom is 0.183 e. The zero-order valence-electron chi connectivity index (χ0n) is 12.7. The van der Waals surface area contributed by atoms with Crippen LogP contribution in [0.4, 0.5) is 0 Å². The van der Waals surface area contributed by atoms with Crippen molar-refractivity contribution < 1.29 is 4.57 Å². The third-order valence-corrected chi connectivity index (χ3v) is 2.63. The van der Waals surface area contributed by atoms with Crippen LogP contribution in [0.5, 0.6) is 0 Å². The summed E-state index contributed by atoms with van der Waals surface area (Å²) in [6.45, 7) is 13.5. The summed E-state index contributed by atoms with van der Waals surface area (Å²) in [7, 11) is 2.08. The van der Waals surface area contributed by atoms with Crippen molar-refractivity contribution in [2.24, 2.45) is 18.9 Å². The molecule has 19 heavy (non-hydrogen) atoms. The van der Waals surface area contributed by atoms with E-state index in [0.29, 0.717) is 5.92 Å². The zero-order valence-corrected chi connectivity index (χ0v) is 12.7. The molecule has 0 bridgehead atoms. The van der Waals surface area contributed by atoms with Crippen molar-refractivity contribution in [1.29, 1.82) is 0 Å². The molecule has 1 heterocycles. The summed E-state index contributed by atoms with van der Waals surface area (Å²) in [4.78, 5) is 0. The van der Waals surface area contributed by atoms with E-state index >= 15 is 0 Å². The van der Waals surface area contributed by atoms with Crippen LogP contribution < -0.4 is 4.57 Å². The molecule has 1 aromatic rings. The molecule has 0 aliphatic rings. The fraction of sp³-hybridized carbons (Fsp3) is 0.722. The number of nitrogens with zero attached hydrogens (tertiary/aromatic N) is 1. The number of hydrogen-bond donors (Lipinski definition) is 0. The van der Waals surface area contributed by atoms with Crippen LogP contribution in [0.3, 0.4) is 0 Å². The maximum atomic E-state index is 2.26. The number of aromatic nitrogens is 1. The Morgan fingerprint density at radius 2 is 1.37 bits per heavy atom. The van der Waals surface area contributed by atoms with E-state index in [1.165, 1.54) is 12.1 Å². The predicted octanol–water partition coefficient (Wildman–Crippen LogP) is 5.60. The Balaban J connectivity index is -0.000000258. The Bertz CT molecular complexity index is 294. The first-order valence-electron chi connectivity index (χ1n) is 6.79. The predicted molar refractivity (Wildman–Crippen MR) is 89.5 cm³/mol. The molecule has 114 valence electrons. The summed E-state index contributed by atoms with van der Waals surface area (Å²) < 4.78 is 2.16. The molecular weight excluding hydrogens is 230 g/mol. The molecule has 0 saturated carbocycles. The van der Waals surface area contributed by atoms with Crippen molar-refractivity contribution in [3.63, 3.8) is 0 Å². The molecule has 1 heteroatoms. The summed E-state index contributed by atoms with van der Waals surface area (Å²) in [6, 6.07) is 6.28. The largest absolute Gasteiger partial charge is 0.205 e. The summed E-state index contributed by atoms with van der Waals surface area (Å²) in [5, 5.41) is 0. The SMILES string of the molecule is C.C.CC(C)CC(C)C.CC(C)c1cccc[n+]1C. The van der Waals surface area contributed by atoms with Crippen molar-refractivity contribution in [3.05, 3.63) is 30.1 Å². The molecule has 0 aromatic carbocycles. The van der Waals surface area contributed by atoms with Gasteiger partial charge in [0.1, 0.15) is 7.05 Å². The minimum absolute atomic E-state index is 0. The highest BCUT2D eigenvalue weighted by atomic mass is 14.9.